The molecule has 88 valence electrons. The Labute approximate surface area is 103 Å². The van der Waals surface area contributed by atoms with Crippen LogP contribution in [-0.4, -0.2) is 18.2 Å². The molecule has 0 saturated carbocycles. The van der Waals surface area contributed by atoms with Gasteiger partial charge in [-0.3, -0.25) is 0 Å². The van der Waals surface area contributed by atoms with Crippen molar-refractivity contribution in [3.63, 3.8) is 0 Å². The minimum atomic E-state index is -0.334. The first-order valence-electron chi connectivity index (χ1n) is 5.13. The highest BCUT2D eigenvalue weighted by Crippen LogP contribution is 2.28. The van der Waals surface area contributed by atoms with Crippen molar-refractivity contribution in [2.75, 3.05) is 7.11 Å². The van der Waals surface area contributed by atoms with Gasteiger partial charge >= 0.3 is 5.97 Å². The summed E-state index contributed by atoms with van der Waals surface area (Å²) in [7, 11) is 1.36. The van der Waals surface area contributed by atoms with E-state index in [1.807, 2.05) is 24.3 Å². The molecule has 0 fully saturated rings. The number of benzene rings is 1. The van der Waals surface area contributed by atoms with Gasteiger partial charge in [-0.2, -0.15) is 0 Å². The van der Waals surface area contributed by atoms with Crippen molar-refractivity contribution in [1.29, 1.82) is 0 Å². The van der Waals surface area contributed by atoms with Crippen LogP contribution in [0.5, 0.6) is 0 Å². The minimum absolute atomic E-state index is 0.0604. The molecule has 17 heavy (non-hydrogen) atoms. The molecule has 0 atom stereocenters. The smallest absolute Gasteiger partial charge is 0.337 e. The Morgan fingerprint density at radius 2 is 1.94 bits per heavy atom. The van der Waals surface area contributed by atoms with E-state index in [-0.39, 0.29) is 12.6 Å². The molecule has 0 aliphatic heterocycles. The lowest BCUT2D eigenvalue weighted by Gasteiger charge is -2.00. The molecule has 0 saturated heterocycles. The number of hydrogen-bond donors (Lipinski definition) is 1. The number of esters is 1. The third-order valence-electron chi connectivity index (χ3n) is 2.41. The van der Waals surface area contributed by atoms with Crippen LogP contribution in [0.1, 0.15) is 15.2 Å². The Kier molecular flexibility index (Phi) is 3.56. The summed E-state index contributed by atoms with van der Waals surface area (Å²) < 4.78 is 4.63. The number of aliphatic hydroxyl groups excluding tert-OH is 1. The van der Waals surface area contributed by atoms with Crippen molar-refractivity contribution in [3.8, 4) is 10.4 Å². The minimum Gasteiger partial charge on any atom is -0.465 e. The molecule has 1 N–H and O–H groups in total. The molecule has 3 nitrogen and oxygen atoms in total. The number of carbonyl (C=O) groups excluding carboxylic acids is 1. The predicted octanol–water partition coefficient (Wildman–Crippen LogP) is 2.69. The van der Waals surface area contributed by atoms with Crippen LogP contribution in [0.2, 0.25) is 0 Å². The zero-order valence-electron chi connectivity index (χ0n) is 9.34. The highest BCUT2D eigenvalue weighted by atomic mass is 32.1. The quantitative estimate of drug-likeness (QED) is 0.849. The number of thiophene rings is 1. The molecule has 1 heterocycles. The van der Waals surface area contributed by atoms with Crippen LogP contribution >= 0.6 is 11.3 Å². The highest BCUT2D eigenvalue weighted by Gasteiger charge is 2.06. The van der Waals surface area contributed by atoms with Crippen LogP contribution in [0, 0.1) is 0 Å². The molecule has 2 rings (SSSR count). The van der Waals surface area contributed by atoms with Crippen LogP contribution in [0.25, 0.3) is 10.4 Å². The van der Waals surface area contributed by atoms with Gasteiger partial charge < -0.3 is 9.84 Å². The maximum absolute atomic E-state index is 11.3. The second-order valence-electron chi connectivity index (χ2n) is 3.49. The van der Waals surface area contributed by atoms with E-state index in [1.165, 1.54) is 18.4 Å². The van der Waals surface area contributed by atoms with E-state index in [1.54, 1.807) is 12.1 Å². The van der Waals surface area contributed by atoms with Crippen molar-refractivity contribution >= 4 is 17.3 Å². The van der Waals surface area contributed by atoms with Crippen LogP contribution in [-0.2, 0) is 11.3 Å². The van der Waals surface area contributed by atoms with Crippen molar-refractivity contribution in [3.05, 3.63) is 46.8 Å². The number of methoxy groups -OCH3 is 1. The van der Waals surface area contributed by atoms with Crippen molar-refractivity contribution in [1.82, 2.24) is 0 Å². The van der Waals surface area contributed by atoms with Crippen molar-refractivity contribution < 1.29 is 14.6 Å². The average Bonchev–Trinajstić information content (AvgIpc) is 2.87. The van der Waals surface area contributed by atoms with E-state index in [2.05, 4.69) is 4.74 Å². The fraction of sp³-hybridized carbons (Fsp3) is 0.154. The van der Waals surface area contributed by atoms with Crippen LogP contribution in [0.15, 0.2) is 36.4 Å². The first-order chi connectivity index (χ1) is 8.24. The van der Waals surface area contributed by atoms with E-state index in [9.17, 15) is 4.79 Å². The monoisotopic (exact) mass is 248 g/mol. The Bertz CT molecular complexity index is 514. The van der Waals surface area contributed by atoms with Crippen LogP contribution in [0.3, 0.4) is 0 Å². The zero-order valence-corrected chi connectivity index (χ0v) is 10.2. The van der Waals surface area contributed by atoms with Gasteiger partial charge in [0.05, 0.1) is 19.3 Å². The Balaban J connectivity index is 2.25. The molecule has 4 heteroatoms. The molecule has 0 spiro atoms. The van der Waals surface area contributed by atoms with Gasteiger partial charge in [0.25, 0.3) is 0 Å². The molecule has 0 aliphatic carbocycles. The summed E-state index contributed by atoms with van der Waals surface area (Å²) in [6.45, 7) is 0.0604. The van der Waals surface area contributed by atoms with Gasteiger partial charge in [-0.25, -0.2) is 4.79 Å². The summed E-state index contributed by atoms with van der Waals surface area (Å²) in [5.41, 5.74) is 1.57. The lowest BCUT2D eigenvalue weighted by molar-refractivity contribution is 0.0601. The summed E-state index contributed by atoms with van der Waals surface area (Å²) in [5.74, 6) is -0.334. The Morgan fingerprint density at radius 1 is 1.24 bits per heavy atom. The van der Waals surface area contributed by atoms with E-state index in [0.29, 0.717) is 5.56 Å². The normalized spacial score (nSPS) is 10.2. The first kappa shape index (κ1) is 11.8. The van der Waals surface area contributed by atoms with Gasteiger partial charge in [0.2, 0.25) is 0 Å². The van der Waals surface area contributed by atoms with E-state index in [4.69, 9.17) is 5.11 Å². The largest absolute Gasteiger partial charge is 0.465 e. The maximum atomic E-state index is 11.3. The Morgan fingerprint density at radius 3 is 2.47 bits per heavy atom. The van der Waals surface area contributed by atoms with Gasteiger partial charge in [-0.15, -0.1) is 11.3 Å². The van der Waals surface area contributed by atoms with E-state index >= 15 is 0 Å². The molecule has 0 unspecified atom stereocenters. The third kappa shape index (κ3) is 2.54. The molecule has 0 aliphatic rings. The van der Waals surface area contributed by atoms with Gasteiger partial charge in [-0.05, 0) is 29.8 Å². The maximum Gasteiger partial charge on any atom is 0.337 e. The number of ether oxygens (including phenoxy) is 1. The van der Waals surface area contributed by atoms with Gasteiger partial charge in [0, 0.05) is 9.75 Å². The molecule has 2 aromatic rings. The SMILES string of the molecule is COC(=O)c1ccc(-c2ccc(CO)s2)cc1. The highest BCUT2D eigenvalue weighted by molar-refractivity contribution is 7.15. The molecular weight excluding hydrogens is 236 g/mol. The summed E-state index contributed by atoms with van der Waals surface area (Å²) in [6, 6.07) is 11.1. The van der Waals surface area contributed by atoms with Gasteiger partial charge in [0.1, 0.15) is 0 Å². The van der Waals surface area contributed by atoms with Gasteiger partial charge in [0.15, 0.2) is 0 Å². The number of hydrogen-bond acceptors (Lipinski definition) is 4. The molecular formula is C13H12O3S. The zero-order chi connectivity index (χ0) is 12.3. The molecule has 1 aromatic carbocycles. The summed E-state index contributed by atoms with van der Waals surface area (Å²) in [6.07, 6.45) is 0. The predicted molar refractivity (Wildman–Crippen MR) is 67.0 cm³/mol. The average molecular weight is 248 g/mol. The Hall–Kier alpha value is -1.65. The molecule has 1 aromatic heterocycles. The lowest BCUT2D eigenvalue weighted by Crippen LogP contribution is -2.00. The third-order valence-corrected chi connectivity index (χ3v) is 3.53. The van der Waals surface area contributed by atoms with Crippen LogP contribution in [0.4, 0.5) is 0 Å². The molecule has 0 amide bonds. The topological polar surface area (TPSA) is 46.5 Å². The summed E-state index contributed by atoms with van der Waals surface area (Å²) >= 11 is 1.54. The van der Waals surface area contributed by atoms with Crippen molar-refractivity contribution in [2.45, 2.75) is 6.61 Å². The second-order valence-corrected chi connectivity index (χ2v) is 4.66. The van der Waals surface area contributed by atoms with E-state index < -0.39 is 0 Å². The first-order valence-corrected chi connectivity index (χ1v) is 5.94. The lowest BCUT2D eigenvalue weighted by atomic mass is 10.1. The van der Waals surface area contributed by atoms with Crippen molar-refractivity contribution in [2.24, 2.45) is 0 Å². The summed E-state index contributed by atoms with van der Waals surface area (Å²) in [4.78, 5) is 13.3. The molecule has 0 bridgehead atoms. The fourth-order valence-electron chi connectivity index (χ4n) is 1.51. The van der Waals surface area contributed by atoms with E-state index in [0.717, 1.165) is 15.3 Å². The standard InChI is InChI=1S/C13H12O3S/c1-16-13(15)10-4-2-9(3-5-10)12-7-6-11(8-14)17-12/h2-7,14H,8H2,1H3. The second kappa shape index (κ2) is 5.12. The summed E-state index contributed by atoms with van der Waals surface area (Å²) in [5, 5.41) is 9.00. The van der Waals surface area contributed by atoms with Gasteiger partial charge in [-0.1, -0.05) is 12.1 Å². The number of carbonyl (C=O) groups is 1. The number of aliphatic hydroxyl groups is 1. The van der Waals surface area contributed by atoms with Crippen LogP contribution < -0.4 is 0 Å². The fourth-order valence-corrected chi connectivity index (χ4v) is 2.38. The molecule has 0 radical (unpaired) electrons. The number of rotatable bonds is 3.